The number of azide groups is 1. The van der Waals surface area contributed by atoms with Crippen LogP contribution in [0.3, 0.4) is 0 Å². The summed E-state index contributed by atoms with van der Waals surface area (Å²) in [4.78, 5) is 14.0. The van der Waals surface area contributed by atoms with Crippen molar-refractivity contribution in [3.05, 3.63) is 58.5 Å². The molecule has 0 saturated heterocycles. The van der Waals surface area contributed by atoms with Crippen molar-refractivity contribution in [2.75, 3.05) is 13.2 Å². The Morgan fingerprint density at radius 3 is 2.82 bits per heavy atom. The molecule has 0 aliphatic carbocycles. The van der Waals surface area contributed by atoms with E-state index in [9.17, 15) is 4.79 Å². The van der Waals surface area contributed by atoms with E-state index in [0.717, 1.165) is 5.56 Å². The molecular formula is C12H13N3O2. The zero-order chi connectivity index (χ0) is 12.3. The molecule has 0 radical (unpaired) electrons. The maximum Gasteiger partial charge on any atom is 0.310 e. The fraction of sp³-hybridized carbons (Fsp3) is 0.250. The summed E-state index contributed by atoms with van der Waals surface area (Å²) in [6, 6.07) is 9.40. The number of nitrogens with zero attached hydrogens (tertiary/aromatic N) is 3. The minimum atomic E-state index is -0.273. The maximum absolute atomic E-state index is 11.4. The Hall–Kier alpha value is -2.26. The van der Waals surface area contributed by atoms with E-state index in [1.165, 1.54) is 0 Å². The van der Waals surface area contributed by atoms with Gasteiger partial charge in [0.2, 0.25) is 0 Å². The van der Waals surface area contributed by atoms with E-state index in [2.05, 4.69) is 10.0 Å². The van der Waals surface area contributed by atoms with Gasteiger partial charge in [0.05, 0.1) is 6.42 Å². The van der Waals surface area contributed by atoms with E-state index < -0.39 is 0 Å². The van der Waals surface area contributed by atoms with Gasteiger partial charge in [0.15, 0.2) is 0 Å². The molecule has 5 nitrogen and oxygen atoms in total. The highest BCUT2D eigenvalue weighted by molar-refractivity contribution is 5.72. The summed E-state index contributed by atoms with van der Waals surface area (Å²) >= 11 is 0. The molecule has 0 amide bonds. The summed E-state index contributed by atoms with van der Waals surface area (Å²) < 4.78 is 4.97. The molecule has 1 aromatic rings. The second-order valence-corrected chi connectivity index (χ2v) is 3.23. The van der Waals surface area contributed by atoms with E-state index in [1.54, 1.807) is 12.2 Å². The lowest BCUT2D eigenvalue weighted by Crippen LogP contribution is -2.07. The van der Waals surface area contributed by atoms with Crippen molar-refractivity contribution < 1.29 is 9.53 Å². The fourth-order valence-corrected chi connectivity index (χ4v) is 1.18. The Bertz CT molecular complexity index is 423. The van der Waals surface area contributed by atoms with Crippen molar-refractivity contribution in [1.29, 1.82) is 0 Å². The van der Waals surface area contributed by atoms with E-state index in [4.69, 9.17) is 10.3 Å². The molecule has 0 heterocycles. The van der Waals surface area contributed by atoms with Gasteiger partial charge in [-0.15, -0.1) is 0 Å². The number of carbonyl (C=O) groups is 1. The second-order valence-electron chi connectivity index (χ2n) is 3.23. The number of ether oxygens (including phenoxy) is 1. The molecule has 17 heavy (non-hydrogen) atoms. The van der Waals surface area contributed by atoms with Crippen LogP contribution in [0.4, 0.5) is 0 Å². The van der Waals surface area contributed by atoms with Crippen molar-refractivity contribution in [1.82, 2.24) is 0 Å². The third-order valence-corrected chi connectivity index (χ3v) is 1.95. The van der Waals surface area contributed by atoms with Gasteiger partial charge in [-0.3, -0.25) is 4.79 Å². The van der Waals surface area contributed by atoms with Gasteiger partial charge in [0.25, 0.3) is 0 Å². The van der Waals surface area contributed by atoms with Gasteiger partial charge in [0.1, 0.15) is 6.61 Å². The quantitative estimate of drug-likeness (QED) is 0.248. The molecule has 0 aromatic heterocycles. The van der Waals surface area contributed by atoms with Gasteiger partial charge in [-0.1, -0.05) is 47.6 Å². The lowest BCUT2D eigenvalue weighted by Gasteiger charge is -2.01. The first-order valence-electron chi connectivity index (χ1n) is 5.18. The van der Waals surface area contributed by atoms with Crippen molar-refractivity contribution in [3.8, 4) is 0 Å². The fourth-order valence-electron chi connectivity index (χ4n) is 1.18. The molecule has 0 bridgehead atoms. The summed E-state index contributed by atoms with van der Waals surface area (Å²) in [6.45, 7) is 0.472. The lowest BCUT2D eigenvalue weighted by atomic mass is 10.2. The number of esters is 1. The predicted molar refractivity (Wildman–Crippen MR) is 64.3 cm³/mol. The van der Waals surface area contributed by atoms with Gasteiger partial charge < -0.3 is 4.74 Å². The molecule has 0 aliphatic rings. The molecular weight excluding hydrogens is 218 g/mol. The van der Waals surface area contributed by atoms with Gasteiger partial charge in [0, 0.05) is 11.5 Å². The van der Waals surface area contributed by atoms with Crippen LogP contribution in [0.5, 0.6) is 0 Å². The van der Waals surface area contributed by atoms with Crippen LogP contribution in [0.1, 0.15) is 5.56 Å². The highest BCUT2D eigenvalue weighted by atomic mass is 16.5. The van der Waals surface area contributed by atoms with Gasteiger partial charge >= 0.3 is 5.97 Å². The minimum absolute atomic E-state index is 0.201. The van der Waals surface area contributed by atoms with Crippen LogP contribution in [0, 0.1) is 0 Å². The van der Waals surface area contributed by atoms with Crippen molar-refractivity contribution >= 4 is 5.97 Å². The molecule has 0 spiro atoms. The van der Waals surface area contributed by atoms with Crippen LogP contribution in [-0.4, -0.2) is 19.1 Å². The third kappa shape index (κ3) is 6.02. The average molecular weight is 231 g/mol. The third-order valence-electron chi connectivity index (χ3n) is 1.95. The Balaban J connectivity index is 2.22. The number of hydrogen-bond donors (Lipinski definition) is 0. The van der Waals surface area contributed by atoms with E-state index in [-0.39, 0.29) is 25.5 Å². The van der Waals surface area contributed by atoms with Crippen LogP contribution in [0.2, 0.25) is 0 Å². The first-order chi connectivity index (χ1) is 8.33. The van der Waals surface area contributed by atoms with E-state index in [0.29, 0.717) is 0 Å². The highest BCUT2D eigenvalue weighted by Gasteiger charge is 2.02. The van der Waals surface area contributed by atoms with Crippen LogP contribution in [0.15, 0.2) is 47.6 Å². The molecule has 0 fully saturated rings. The molecule has 5 heteroatoms. The number of rotatable bonds is 6. The maximum atomic E-state index is 11.4. The summed E-state index contributed by atoms with van der Waals surface area (Å²) in [5.74, 6) is -0.273. The SMILES string of the molecule is [N-]=[N+]=NC/C=C\COC(=O)Cc1ccccc1. The minimum Gasteiger partial charge on any atom is -0.461 e. The van der Waals surface area contributed by atoms with E-state index in [1.807, 2.05) is 30.3 Å². The Kier molecular flexibility index (Phi) is 6.00. The normalized spacial score (nSPS) is 9.88. The van der Waals surface area contributed by atoms with Crippen LogP contribution in [-0.2, 0) is 16.0 Å². The predicted octanol–water partition coefficient (Wildman–Crippen LogP) is 2.64. The zero-order valence-electron chi connectivity index (χ0n) is 9.32. The first kappa shape index (κ1) is 12.8. The average Bonchev–Trinajstić information content (AvgIpc) is 2.35. The topological polar surface area (TPSA) is 75.1 Å². The van der Waals surface area contributed by atoms with Gasteiger partial charge in [-0.2, -0.15) is 0 Å². The van der Waals surface area contributed by atoms with Crippen LogP contribution in [0.25, 0.3) is 10.4 Å². The zero-order valence-corrected chi connectivity index (χ0v) is 9.32. The summed E-state index contributed by atoms with van der Waals surface area (Å²) in [6.07, 6.45) is 3.57. The standard InChI is InChI=1S/C12H13N3O2/c13-15-14-8-4-5-9-17-12(16)10-11-6-2-1-3-7-11/h1-7H,8-10H2/b5-4-. The largest absolute Gasteiger partial charge is 0.461 e. The van der Waals surface area contributed by atoms with Crippen LogP contribution >= 0.6 is 0 Å². The summed E-state index contributed by atoms with van der Waals surface area (Å²) in [5.41, 5.74) is 8.94. The number of hydrogen-bond acceptors (Lipinski definition) is 3. The molecule has 0 atom stereocenters. The monoisotopic (exact) mass is 231 g/mol. The summed E-state index contributed by atoms with van der Waals surface area (Å²) in [5, 5.41) is 3.31. The molecule has 88 valence electrons. The van der Waals surface area contributed by atoms with Crippen LogP contribution < -0.4 is 0 Å². The second kappa shape index (κ2) is 7.96. The summed E-state index contributed by atoms with van der Waals surface area (Å²) in [7, 11) is 0. The van der Waals surface area contributed by atoms with Crippen molar-refractivity contribution in [2.45, 2.75) is 6.42 Å². The Morgan fingerprint density at radius 2 is 2.12 bits per heavy atom. The lowest BCUT2D eigenvalue weighted by molar-refractivity contribution is -0.141. The number of benzene rings is 1. The molecule has 1 rings (SSSR count). The molecule has 1 aromatic carbocycles. The number of carbonyl (C=O) groups excluding carboxylic acids is 1. The molecule has 0 N–H and O–H groups in total. The van der Waals surface area contributed by atoms with Crippen molar-refractivity contribution in [2.24, 2.45) is 5.11 Å². The molecule has 0 unspecified atom stereocenters. The Morgan fingerprint density at radius 1 is 1.35 bits per heavy atom. The van der Waals surface area contributed by atoms with E-state index >= 15 is 0 Å². The highest BCUT2D eigenvalue weighted by Crippen LogP contribution is 2.00. The smallest absolute Gasteiger partial charge is 0.310 e. The molecule has 0 aliphatic heterocycles. The first-order valence-corrected chi connectivity index (χ1v) is 5.18. The Labute approximate surface area is 99.3 Å². The molecule has 0 saturated carbocycles. The van der Waals surface area contributed by atoms with Gasteiger partial charge in [-0.05, 0) is 11.1 Å². The van der Waals surface area contributed by atoms with Crippen molar-refractivity contribution in [3.63, 3.8) is 0 Å². The van der Waals surface area contributed by atoms with Gasteiger partial charge in [-0.25, -0.2) is 0 Å².